The second kappa shape index (κ2) is 3.46. The van der Waals surface area contributed by atoms with Gasteiger partial charge in [-0.05, 0) is 37.1 Å². The lowest BCUT2D eigenvalue weighted by atomic mass is 10.1. The minimum atomic E-state index is -0.397. The van der Waals surface area contributed by atoms with E-state index in [0.29, 0.717) is 0 Å². The Labute approximate surface area is 88.6 Å². The van der Waals surface area contributed by atoms with Crippen LogP contribution in [-0.2, 0) is 6.42 Å². The minimum absolute atomic E-state index is 0.129. The van der Waals surface area contributed by atoms with E-state index in [4.69, 9.17) is 10.5 Å². The molecule has 0 aliphatic carbocycles. The average molecular weight is 206 g/mol. The molecule has 0 bridgehead atoms. The molecule has 0 saturated carbocycles. The van der Waals surface area contributed by atoms with Crippen LogP contribution in [0.5, 0.6) is 5.75 Å². The Bertz CT molecular complexity index is 404. The second-order valence-electron chi connectivity index (χ2n) is 3.76. The summed E-state index contributed by atoms with van der Waals surface area (Å²) in [4.78, 5) is 12.9. The number of carbonyl (C=O) groups excluding carboxylic acids is 1. The van der Waals surface area contributed by atoms with Crippen LogP contribution in [0.4, 0.5) is 10.5 Å². The maximum absolute atomic E-state index is 11.2. The molecule has 1 aliphatic rings. The van der Waals surface area contributed by atoms with Crippen LogP contribution >= 0.6 is 0 Å². The van der Waals surface area contributed by atoms with Gasteiger partial charge in [-0.2, -0.15) is 0 Å². The van der Waals surface area contributed by atoms with Crippen molar-refractivity contribution >= 4 is 11.7 Å². The Morgan fingerprint density at radius 3 is 2.93 bits per heavy atom. The number of nitrogens with two attached hydrogens (primary N) is 1. The zero-order chi connectivity index (χ0) is 11.0. The molecule has 4 nitrogen and oxygen atoms in total. The molecule has 1 aromatic carbocycles. The number of anilines is 1. The van der Waals surface area contributed by atoms with Gasteiger partial charge in [0, 0.05) is 11.7 Å². The van der Waals surface area contributed by atoms with Gasteiger partial charge in [0.1, 0.15) is 5.75 Å². The fourth-order valence-corrected chi connectivity index (χ4v) is 2.07. The predicted octanol–water partition coefficient (Wildman–Crippen LogP) is 1.52. The van der Waals surface area contributed by atoms with Crippen LogP contribution in [0.3, 0.4) is 0 Å². The summed E-state index contributed by atoms with van der Waals surface area (Å²) in [7, 11) is 1.63. The summed E-state index contributed by atoms with van der Waals surface area (Å²) in [5.74, 6) is 0.812. The average Bonchev–Trinajstić information content (AvgIpc) is 2.52. The molecule has 0 spiro atoms. The number of hydrogen-bond donors (Lipinski definition) is 1. The minimum Gasteiger partial charge on any atom is -0.497 e. The first-order valence-corrected chi connectivity index (χ1v) is 4.89. The van der Waals surface area contributed by atoms with E-state index >= 15 is 0 Å². The second-order valence-corrected chi connectivity index (χ2v) is 3.76. The lowest BCUT2D eigenvalue weighted by Gasteiger charge is -2.19. The fraction of sp³-hybridized carbons (Fsp3) is 0.364. The summed E-state index contributed by atoms with van der Waals surface area (Å²) in [5.41, 5.74) is 7.34. The largest absolute Gasteiger partial charge is 0.497 e. The number of ether oxygens (including phenoxy) is 1. The molecule has 2 N–H and O–H groups in total. The van der Waals surface area contributed by atoms with E-state index < -0.39 is 6.03 Å². The molecular weight excluding hydrogens is 192 g/mol. The van der Waals surface area contributed by atoms with Crippen LogP contribution < -0.4 is 15.4 Å². The number of fused-ring (bicyclic) bond motifs is 1. The standard InChI is InChI=1S/C11H14N2O2/c1-7-5-8-6-9(15-2)3-4-10(8)13(7)11(12)14/h3-4,6-7H,5H2,1-2H3,(H2,12,14)/t7-/m0/s1. The number of carbonyl (C=O) groups is 1. The number of rotatable bonds is 1. The van der Waals surface area contributed by atoms with Crippen molar-refractivity contribution in [2.24, 2.45) is 5.73 Å². The molecule has 1 heterocycles. The smallest absolute Gasteiger partial charge is 0.319 e. The van der Waals surface area contributed by atoms with Crippen molar-refractivity contribution in [1.29, 1.82) is 0 Å². The molecular formula is C11H14N2O2. The van der Waals surface area contributed by atoms with Gasteiger partial charge in [0.25, 0.3) is 0 Å². The van der Waals surface area contributed by atoms with Crippen molar-refractivity contribution in [3.05, 3.63) is 23.8 Å². The van der Waals surface area contributed by atoms with Crippen molar-refractivity contribution in [1.82, 2.24) is 0 Å². The molecule has 2 amide bonds. The number of amides is 2. The third-order valence-electron chi connectivity index (χ3n) is 2.74. The molecule has 4 heteroatoms. The van der Waals surface area contributed by atoms with E-state index in [-0.39, 0.29) is 6.04 Å². The van der Waals surface area contributed by atoms with E-state index in [2.05, 4.69) is 0 Å². The number of hydrogen-bond acceptors (Lipinski definition) is 2. The predicted molar refractivity (Wildman–Crippen MR) is 58.2 cm³/mol. The number of primary amides is 1. The summed E-state index contributed by atoms with van der Waals surface area (Å²) in [5, 5.41) is 0. The summed E-state index contributed by atoms with van der Waals surface area (Å²) in [6.07, 6.45) is 0.829. The maximum Gasteiger partial charge on any atom is 0.319 e. The van der Waals surface area contributed by atoms with Gasteiger partial charge < -0.3 is 10.5 Å². The molecule has 80 valence electrons. The van der Waals surface area contributed by atoms with Gasteiger partial charge in [0.05, 0.1) is 7.11 Å². The SMILES string of the molecule is COc1ccc2c(c1)C[C@H](C)N2C(N)=O. The van der Waals surface area contributed by atoms with E-state index in [0.717, 1.165) is 23.4 Å². The highest BCUT2D eigenvalue weighted by molar-refractivity contribution is 5.93. The van der Waals surface area contributed by atoms with Crippen LogP contribution in [0.25, 0.3) is 0 Å². The normalized spacial score (nSPS) is 18.8. The molecule has 1 atom stereocenters. The summed E-state index contributed by atoms with van der Waals surface area (Å²) >= 11 is 0. The first-order valence-electron chi connectivity index (χ1n) is 4.89. The van der Waals surface area contributed by atoms with Gasteiger partial charge in [0.2, 0.25) is 0 Å². The van der Waals surface area contributed by atoms with Crippen LogP contribution in [0, 0.1) is 0 Å². The molecule has 0 unspecified atom stereocenters. The van der Waals surface area contributed by atoms with Crippen molar-refractivity contribution in [2.45, 2.75) is 19.4 Å². The van der Waals surface area contributed by atoms with Crippen molar-refractivity contribution in [2.75, 3.05) is 12.0 Å². The number of methoxy groups -OCH3 is 1. The Morgan fingerprint density at radius 1 is 1.60 bits per heavy atom. The summed E-state index contributed by atoms with van der Waals surface area (Å²) in [6.45, 7) is 1.98. The third kappa shape index (κ3) is 1.52. The maximum atomic E-state index is 11.2. The van der Waals surface area contributed by atoms with Gasteiger partial charge in [-0.15, -0.1) is 0 Å². The Kier molecular flexibility index (Phi) is 2.26. The van der Waals surface area contributed by atoms with E-state index in [1.54, 1.807) is 12.0 Å². The molecule has 0 fully saturated rings. The quantitative estimate of drug-likeness (QED) is 0.757. The highest BCUT2D eigenvalue weighted by Gasteiger charge is 2.29. The monoisotopic (exact) mass is 206 g/mol. The summed E-state index contributed by atoms with van der Waals surface area (Å²) in [6, 6.07) is 5.40. The highest BCUT2D eigenvalue weighted by Crippen LogP contribution is 2.34. The topological polar surface area (TPSA) is 55.6 Å². The highest BCUT2D eigenvalue weighted by atomic mass is 16.5. The lowest BCUT2D eigenvalue weighted by Crippen LogP contribution is -2.39. The third-order valence-corrected chi connectivity index (χ3v) is 2.74. The van der Waals surface area contributed by atoms with Crippen LogP contribution in [-0.4, -0.2) is 19.2 Å². The zero-order valence-electron chi connectivity index (χ0n) is 8.86. The van der Waals surface area contributed by atoms with Gasteiger partial charge in [0.15, 0.2) is 0 Å². The van der Waals surface area contributed by atoms with Gasteiger partial charge in [-0.1, -0.05) is 0 Å². The van der Waals surface area contributed by atoms with Crippen molar-refractivity contribution in [3.63, 3.8) is 0 Å². The molecule has 0 saturated heterocycles. The fourth-order valence-electron chi connectivity index (χ4n) is 2.07. The van der Waals surface area contributed by atoms with Crippen molar-refractivity contribution < 1.29 is 9.53 Å². The molecule has 1 aliphatic heterocycles. The van der Waals surface area contributed by atoms with E-state index in [1.165, 1.54) is 0 Å². The first kappa shape index (κ1) is 9.83. The Morgan fingerprint density at radius 2 is 2.33 bits per heavy atom. The van der Waals surface area contributed by atoms with E-state index in [9.17, 15) is 4.79 Å². The number of nitrogens with zero attached hydrogens (tertiary/aromatic N) is 1. The van der Waals surface area contributed by atoms with Gasteiger partial charge in [-0.3, -0.25) is 4.90 Å². The molecule has 2 rings (SSSR count). The molecule has 0 aromatic heterocycles. The van der Waals surface area contributed by atoms with Crippen LogP contribution in [0.2, 0.25) is 0 Å². The van der Waals surface area contributed by atoms with Crippen molar-refractivity contribution in [3.8, 4) is 5.75 Å². The Hall–Kier alpha value is -1.71. The summed E-state index contributed by atoms with van der Waals surface area (Å²) < 4.78 is 5.14. The molecule has 0 radical (unpaired) electrons. The van der Waals surface area contributed by atoms with Crippen LogP contribution in [0.1, 0.15) is 12.5 Å². The number of benzene rings is 1. The van der Waals surface area contributed by atoms with Crippen LogP contribution in [0.15, 0.2) is 18.2 Å². The first-order chi connectivity index (χ1) is 7.13. The van der Waals surface area contributed by atoms with Gasteiger partial charge in [-0.25, -0.2) is 4.79 Å². The lowest BCUT2D eigenvalue weighted by molar-refractivity contribution is 0.253. The molecule has 15 heavy (non-hydrogen) atoms. The van der Waals surface area contributed by atoms with E-state index in [1.807, 2.05) is 25.1 Å². The Balaban J connectivity index is 2.43. The number of urea groups is 1. The zero-order valence-corrected chi connectivity index (χ0v) is 8.86. The molecule has 1 aromatic rings. The van der Waals surface area contributed by atoms with Gasteiger partial charge >= 0.3 is 6.03 Å².